The van der Waals surface area contributed by atoms with Crippen LogP contribution in [0.25, 0.3) is 11.6 Å². The first-order valence-corrected chi connectivity index (χ1v) is 9.18. The number of carbonyl (C=O) groups excluding carboxylic acids is 1. The van der Waals surface area contributed by atoms with Gasteiger partial charge in [0.2, 0.25) is 11.7 Å². The molecule has 0 saturated heterocycles. The van der Waals surface area contributed by atoms with Crippen LogP contribution in [0, 0.1) is 13.8 Å². The quantitative estimate of drug-likeness (QED) is 0.491. The van der Waals surface area contributed by atoms with Crippen LogP contribution in [0.4, 0.5) is 16.2 Å². The van der Waals surface area contributed by atoms with E-state index >= 15 is 0 Å². The van der Waals surface area contributed by atoms with Crippen LogP contribution in [0.2, 0.25) is 0 Å². The fourth-order valence-corrected chi connectivity index (χ4v) is 2.90. The number of nitrogens with one attached hydrogen (secondary N) is 2. The molecule has 0 fully saturated rings. The number of amides is 2. The SMILES string of the molecule is Cc1ccc(NC(=O)Nc2ccccc2Cc2nc(-c3ccco3)no2)cc1C. The fourth-order valence-electron chi connectivity index (χ4n) is 2.90. The molecule has 0 radical (unpaired) electrons. The van der Waals surface area contributed by atoms with Crippen molar-refractivity contribution in [2.75, 3.05) is 10.6 Å². The van der Waals surface area contributed by atoms with E-state index in [0.717, 1.165) is 16.8 Å². The van der Waals surface area contributed by atoms with E-state index in [1.165, 1.54) is 5.56 Å². The van der Waals surface area contributed by atoms with Crippen LogP contribution in [0.15, 0.2) is 69.8 Å². The highest BCUT2D eigenvalue weighted by Gasteiger charge is 2.14. The average molecular weight is 388 g/mol. The van der Waals surface area contributed by atoms with Crippen molar-refractivity contribution < 1.29 is 13.7 Å². The van der Waals surface area contributed by atoms with Gasteiger partial charge in [-0.3, -0.25) is 0 Å². The van der Waals surface area contributed by atoms with Crippen molar-refractivity contribution >= 4 is 17.4 Å². The number of para-hydroxylation sites is 1. The lowest BCUT2D eigenvalue weighted by Crippen LogP contribution is -2.20. The monoisotopic (exact) mass is 388 g/mol. The van der Waals surface area contributed by atoms with Crippen LogP contribution < -0.4 is 10.6 Å². The number of aromatic nitrogens is 2. The molecule has 29 heavy (non-hydrogen) atoms. The molecule has 0 aliphatic rings. The molecular formula is C22H20N4O3. The van der Waals surface area contributed by atoms with E-state index in [2.05, 4.69) is 20.8 Å². The van der Waals surface area contributed by atoms with Gasteiger partial charge in [-0.05, 0) is 60.9 Å². The molecule has 7 nitrogen and oxygen atoms in total. The van der Waals surface area contributed by atoms with Gasteiger partial charge in [-0.15, -0.1) is 0 Å². The Balaban J connectivity index is 1.46. The Hall–Kier alpha value is -3.87. The van der Waals surface area contributed by atoms with Crippen LogP contribution >= 0.6 is 0 Å². The van der Waals surface area contributed by atoms with Gasteiger partial charge in [0.15, 0.2) is 5.76 Å². The first-order chi connectivity index (χ1) is 14.1. The fraction of sp³-hybridized carbons (Fsp3) is 0.136. The Labute approximate surface area is 167 Å². The van der Waals surface area contributed by atoms with Crippen molar-refractivity contribution in [3.8, 4) is 11.6 Å². The van der Waals surface area contributed by atoms with Crippen molar-refractivity contribution in [2.24, 2.45) is 0 Å². The molecule has 0 unspecified atom stereocenters. The molecule has 4 aromatic rings. The third-order valence-corrected chi connectivity index (χ3v) is 4.58. The van der Waals surface area contributed by atoms with Gasteiger partial charge in [0.05, 0.1) is 12.7 Å². The summed E-state index contributed by atoms with van der Waals surface area (Å²) in [5, 5.41) is 9.68. The molecule has 0 bridgehead atoms. The number of aryl methyl sites for hydroxylation is 2. The zero-order valence-corrected chi connectivity index (χ0v) is 16.1. The zero-order valence-electron chi connectivity index (χ0n) is 16.1. The predicted octanol–water partition coefficient (Wildman–Crippen LogP) is 5.18. The second kappa shape index (κ2) is 8.02. The van der Waals surface area contributed by atoms with Crippen LogP contribution in [-0.2, 0) is 6.42 Å². The predicted molar refractivity (Wildman–Crippen MR) is 110 cm³/mol. The summed E-state index contributed by atoms with van der Waals surface area (Å²) in [4.78, 5) is 16.8. The molecule has 0 atom stereocenters. The van der Waals surface area contributed by atoms with E-state index in [1.54, 1.807) is 18.4 Å². The molecule has 7 heteroatoms. The van der Waals surface area contributed by atoms with Crippen molar-refractivity contribution in [3.63, 3.8) is 0 Å². The summed E-state index contributed by atoms with van der Waals surface area (Å²) in [5.74, 6) is 1.36. The molecule has 0 aliphatic carbocycles. The van der Waals surface area contributed by atoms with Crippen LogP contribution in [0.1, 0.15) is 22.6 Å². The lowest BCUT2D eigenvalue weighted by atomic mass is 10.1. The van der Waals surface area contributed by atoms with E-state index in [9.17, 15) is 4.79 Å². The minimum Gasteiger partial charge on any atom is -0.461 e. The van der Waals surface area contributed by atoms with Crippen LogP contribution in [-0.4, -0.2) is 16.2 Å². The van der Waals surface area contributed by atoms with Crippen LogP contribution in [0.3, 0.4) is 0 Å². The summed E-state index contributed by atoms with van der Waals surface area (Å²) in [6.45, 7) is 4.04. The minimum atomic E-state index is -0.317. The van der Waals surface area contributed by atoms with Crippen molar-refractivity contribution in [3.05, 3.63) is 83.4 Å². The number of hydrogen-bond acceptors (Lipinski definition) is 5. The highest BCUT2D eigenvalue weighted by Crippen LogP contribution is 2.22. The minimum absolute atomic E-state index is 0.317. The number of hydrogen-bond donors (Lipinski definition) is 2. The number of anilines is 2. The highest BCUT2D eigenvalue weighted by atomic mass is 16.5. The van der Waals surface area contributed by atoms with Gasteiger partial charge in [0.1, 0.15) is 0 Å². The molecule has 146 valence electrons. The largest absolute Gasteiger partial charge is 0.461 e. The summed E-state index contributed by atoms with van der Waals surface area (Å²) in [5.41, 5.74) is 4.56. The normalized spacial score (nSPS) is 10.7. The third-order valence-electron chi connectivity index (χ3n) is 4.58. The van der Waals surface area contributed by atoms with Crippen molar-refractivity contribution in [2.45, 2.75) is 20.3 Å². The first-order valence-electron chi connectivity index (χ1n) is 9.18. The summed E-state index contributed by atoms with van der Waals surface area (Å²) in [6.07, 6.45) is 1.94. The van der Waals surface area contributed by atoms with Crippen LogP contribution in [0.5, 0.6) is 0 Å². The third kappa shape index (κ3) is 4.35. The second-order valence-electron chi connectivity index (χ2n) is 6.70. The van der Waals surface area contributed by atoms with Gasteiger partial charge < -0.3 is 19.6 Å². The van der Waals surface area contributed by atoms with E-state index in [4.69, 9.17) is 8.94 Å². The van der Waals surface area contributed by atoms with E-state index in [1.807, 2.05) is 56.3 Å². The highest BCUT2D eigenvalue weighted by molar-refractivity contribution is 6.00. The number of urea groups is 1. The van der Waals surface area contributed by atoms with Gasteiger partial charge in [0, 0.05) is 11.4 Å². The summed E-state index contributed by atoms with van der Waals surface area (Å²) in [7, 11) is 0. The molecule has 2 amide bonds. The summed E-state index contributed by atoms with van der Waals surface area (Å²) in [6, 6.07) is 16.5. The standard InChI is InChI=1S/C22H20N4O3/c1-14-9-10-17(12-15(14)2)23-22(27)24-18-7-4-3-6-16(18)13-20-25-21(26-29-20)19-8-5-11-28-19/h3-12H,13H2,1-2H3,(H2,23,24,27). The van der Waals surface area contributed by atoms with Crippen molar-refractivity contribution in [1.82, 2.24) is 10.1 Å². The summed E-state index contributed by atoms with van der Waals surface area (Å²) >= 11 is 0. The molecular weight excluding hydrogens is 368 g/mol. The molecule has 2 aromatic carbocycles. The first kappa shape index (κ1) is 18.5. The van der Waals surface area contributed by atoms with Gasteiger partial charge in [-0.1, -0.05) is 29.4 Å². The molecule has 2 N–H and O–H groups in total. The topological polar surface area (TPSA) is 93.2 Å². The molecule has 0 spiro atoms. The van der Waals surface area contributed by atoms with Gasteiger partial charge >= 0.3 is 6.03 Å². The maximum Gasteiger partial charge on any atom is 0.323 e. The Morgan fingerprint density at radius 2 is 1.86 bits per heavy atom. The van der Waals surface area contributed by atoms with E-state index in [0.29, 0.717) is 29.6 Å². The van der Waals surface area contributed by atoms with E-state index in [-0.39, 0.29) is 6.03 Å². The zero-order chi connectivity index (χ0) is 20.2. The molecule has 2 aromatic heterocycles. The lowest BCUT2D eigenvalue weighted by molar-refractivity contribution is 0.262. The number of rotatable bonds is 5. The number of benzene rings is 2. The van der Waals surface area contributed by atoms with E-state index < -0.39 is 0 Å². The Morgan fingerprint density at radius 3 is 2.66 bits per heavy atom. The van der Waals surface area contributed by atoms with Crippen molar-refractivity contribution in [1.29, 1.82) is 0 Å². The molecule has 0 aliphatic heterocycles. The number of nitrogens with zero attached hydrogens (tertiary/aromatic N) is 2. The molecule has 0 saturated carbocycles. The number of furan rings is 1. The molecule has 4 rings (SSSR count). The smallest absolute Gasteiger partial charge is 0.323 e. The Morgan fingerprint density at radius 1 is 1.00 bits per heavy atom. The van der Waals surface area contributed by atoms with Gasteiger partial charge in [-0.2, -0.15) is 4.98 Å². The Bertz CT molecular complexity index is 1130. The Kier molecular flexibility index (Phi) is 5.11. The second-order valence-corrected chi connectivity index (χ2v) is 6.70. The summed E-state index contributed by atoms with van der Waals surface area (Å²) < 4.78 is 10.6. The number of carbonyl (C=O) groups is 1. The maximum absolute atomic E-state index is 12.5. The lowest BCUT2D eigenvalue weighted by Gasteiger charge is -2.12. The molecule has 2 heterocycles. The van der Waals surface area contributed by atoms with Gasteiger partial charge in [-0.25, -0.2) is 4.79 Å². The average Bonchev–Trinajstić information content (AvgIpc) is 3.38. The maximum atomic E-state index is 12.5. The van der Waals surface area contributed by atoms with Gasteiger partial charge in [0.25, 0.3) is 0 Å².